The van der Waals surface area contributed by atoms with E-state index in [1.54, 1.807) is 0 Å². The molecule has 0 fully saturated rings. The third kappa shape index (κ3) is 1.92. The van der Waals surface area contributed by atoms with Gasteiger partial charge in [0.1, 0.15) is 11.9 Å². The summed E-state index contributed by atoms with van der Waals surface area (Å²) in [5.41, 5.74) is 7.75. The van der Waals surface area contributed by atoms with Crippen LogP contribution in [-0.2, 0) is 0 Å². The van der Waals surface area contributed by atoms with Gasteiger partial charge in [-0.25, -0.2) is 0 Å². The van der Waals surface area contributed by atoms with Crippen molar-refractivity contribution in [1.29, 1.82) is 0 Å². The normalized spacial score (nSPS) is 9.00. The second-order valence-electron chi connectivity index (χ2n) is 1.94. The minimum Gasteiger partial charge on any atom is -0.258 e. The molecule has 0 N–H and O–H groups in total. The molecule has 0 spiro atoms. The fraction of sp³-hybridized carbons (Fsp3) is 0. The summed E-state index contributed by atoms with van der Waals surface area (Å²) in [6.07, 6.45) is 2.34. The molecule has 0 amide bonds. The highest BCUT2D eigenvalue weighted by Gasteiger charge is 2.15. The van der Waals surface area contributed by atoms with E-state index in [0.717, 1.165) is 6.20 Å². The molecular weight excluding hydrogens is 242 g/mol. The Kier molecular flexibility index (Phi) is 2.78. The first-order chi connectivity index (χ1) is 6.16. The van der Waals surface area contributed by atoms with Crippen LogP contribution in [0.1, 0.15) is 0 Å². The van der Waals surface area contributed by atoms with Gasteiger partial charge in [0.2, 0.25) is 0 Å². The van der Waals surface area contributed by atoms with Crippen molar-refractivity contribution in [3.05, 3.63) is 37.4 Å². The lowest BCUT2D eigenvalue weighted by atomic mass is 10.4. The van der Waals surface area contributed by atoms with Gasteiger partial charge in [-0.3, -0.25) is 15.1 Å². The van der Waals surface area contributed by atoms with E-state index >= 15 is 0 Å². The largest absolute Gasteiger partial charge is 0.298 e. The van der Waals surface area contributed by atoms with Crippen molar-refractivity contribution in [2.24, 2.45) is 5.11 Å². The van der Waals surface area contributed by atoms with Crippen molar-refractivity contribution in [3.63, 3.8) is 0 Å². The SMILES string of the molecule is [N-]=[N+]=Nc1c(Br)cncc1[N+](=O)[O-]. The molecule has 0 bridgehead atoms. The van der Waals surface area contributed by atoms with Gasteiger partial charge in [0, 0.05) is 11.1 Å². The van der Waals surface area contributed by atoms with E-state index < -0.39 is 4.92 Å². The van der Waals surface area contributed by atoms with Gasteiger partial charge in [0.15, 0.2) is 0 Å². The van der Waals surface area contributed by atoms with Gasteiger partial charge in [-0.05, 0) is 21.5 Å². The molecule has 0 aliphatic rings. The highest BCUT2D eigenvalue weighted by atomic mass is 79.9. The van der Waals surface area contributed by atoms with Crippen molar-refractivity contribution in [2.45, 2.75) is 0 Å². The molecular formula is C5H2BrN5O2. The molecule has 13 heavy (non-hydrogen) atoms. The Bertz CT molecular complexity index is 400. The molecule has 0 aliphatic heterocycles. The molecule has 0 saturated carbocycles. The molecule has 1 heterocycles. The summed E-state index contributed by atoms with van der Waals surface area (Å²) in [4.78, 5) is 15.8. The van der Waals surface area contributed by atoms with Crippen molar-refractivity contribution < 1.29 is 4.92 Å². The Morgan fingerprint density at radius 1 is 1.69 bits per heavy atom. The molecule has 0 radical (unpaired) electrons. The van der Waals surface area contributed by atoms with Gasteiger partial charge >= 0.3 is 0 Å². The monoisotopic (exact) mass is 243 g/mol. The van der Waals surface area contributed by atoms with Crippen molar-refractivity contribution >= 4 is 27.3 Å². The van der Waals surface area contributed by atoms with E-state index in [9.17, 15) is 10.1 Å². The van der Waals surface area contributed by atoms with Crippen LogP contribution < -0.4 is 0 Å². The smallest absolute Gasteiger partial charge is 0.258 e. The molecule has 0 unspecified atom stereocenters. The van der Waals surface area contributed by atoms with Crippen LogP contribution in [0.15, 0.2) is 22.0 Å². The minimum atomic E-state index is -0.665. The highest BCUT2D eigenvalue weighted by molar-refractivity contribution is 9.10. The van der Waals surface area contributed by atoms with E-state index in [2.05, 4.69) is 30.9 Å². The lowest BCUT2D eigenvalue weighted by Crippen LogP contribution is -1.89. The molecule has 1 rings (SSSR count). The van der Waals surface area contributed by atoms with Gasteiger partial charge in [-0.2, -0.15) is 0 Å². The van der Waals surface area contributed by atoms with Crippen LogP contribution in [0.2, 0.25) is 0 Å². The number of nitrogens with zero attached hydrogens (tertiary/aromatic N) is 5. The number of azide groups is 1. The average Bonchev–Trinajstić information content (AvgIpc) is 2.08. The van der Waals surface area contributed by atoms with Crippen LogP contribution in [0.25, 0.3) is 10.4 Å². The van der Waals surface area contributed by atoms with Crippen LogP contribution in [0, 0.1) is 10.1 Å². The number of aromatic nitrogens is 1. The van der Waals surface area contributed by atoms with Gasteiger partial charge in [-0.1, -0.05) is 5.11 Å². The number of hydrogen-bond acceptors (Lipinski definition) is 4. The zero-order valence-electron chi connectivity index (χ0n) is 6.09. The molecule has 0 aliphatic carbocycles. The molecule has 66 valence electrons. The first-order valence-electron chi connectivity index (χ1n) is 3.00. The quantitative estimate of drug-likeness (QED) is 0.262. The Balaban J connectivity index is 3.42. The maximum atomic E-state index is 10.4. The average molecular weight is 244 g/mol. The maximum absolute atomic E-state index is 10.4. The maximum Gasteiger partial charge on any atom is 0.298 e. The molecule has 0 atom stereocenters. The van der Waals surface area contributed by atoms with Crippen LogP contribution in [0.4, 0.5) is 11.4 Å². The third-order valence-electron chi connectivity index (χ3n) is 1.19. The van der Waals surface area contributed by atoms with E-state index in [1.165, 1.54) is 6.20 Å². The van der Waals surface area contributed by atoms with Crippen molar-refractivity contribution in [1.82, 2.24) is 4.98 Å². The molecule has 0 saturated heterocycles. The first-order valence-corrected chi connectivity index (χ1v) is 3.79. The van der Waals surface area contributed by atoms with Crippen LogP contribution >= 0.6 is 15.9 Å². The lowest BCUT2D eigenvalue weighted by molar-refractivity contribution is -0.384. The zero-order valence-corrected chi connectivity index (χ0v) is 7.67. The summed E-state index contributed by atoms with van der Waals surface area (Å²) in [5, 5.41) is 13.6. The van der Waals surface area contributed by atoms with Gasteiger partial charge < -0.3 is 0 Å². The van der Waals surface area contributed by atoms with Crippen molar-refractivity contribution in [3.8, 4) is 0 Å². The second-order valence-corrected chi connectivity index (χ2v) is 2.79. The van der Waals surface area contributed by atoms with E-state index in [0.29, 0.717) is 4.47 Å². The number of rotatable bonds is 2. The minimum absolute atomic E-state index is 0.0671. The summed E-state index contributed by atoms with van der Waals surface area (Å²) < 4.78 is 0.291. The van der Waals surface area contributed by atoms with E-state index in [-0.39, 0.29) is 11.4 Å². The summed E-state index contributed by atoms with van der Waals surface area (Å²) in [6, 6.07) is 0. The summed E-state index contributed by atoms with van der Waals surface area (Å²) >= 11 is 2.98. The van der Waals surface area contributed by atoms with Gasteiger partial charge in [0.05, 0.1) is 9.40 Å². The first kappa shape index (κ1) is 9.43. The zero-order chi connectivity index (χ0) is 9.84. The Morgan fingerprint density at radius 3 is 2.92 bits per heavy atom. The third-order valence-corrected chi connectivity index (χ3v) is 1.78. The number of pyridine rings is 1. The van der Waals surface area contributed by atoms with Crippen LogP contribution in [0.5, 0.6) is 0 Å². The second kappa shape index (κ2) is 3.83. The fourth-order valence-electron chi connectivity index (χ4n) is 0.695. The van der Waals surface area contributed by atoms with Crippen LogP contribution in [-0.4, -0.2) is 9.91 Å². The van der Waals surface area contributed by atoms with Gasteiger partial charge in [-0.15, -0.1) is 0 Å². The lowest BCUT2D eigenvalue weighted by Gasteiger charge is -1.96. The van der Waals surface area contributed by atoms with E-state index in [4.69, 9.17) is 5.53 Å². The molecule has 1 aromatic heterocycles. The van der Waals surface area contributed by atoms with Gasteiger partial charge in [0.25, 0.3) is 5.69 Å². The topological polar surface area (TPSA) is 105 Å². The van der Waals surface area contributed by atoms with Crippen LogP contribution in [0.3, 0.4) is 0 Å². The predicted octanol–water partition coefficient (Wildman–Crippen LogP) is 2.69. The number of halogens is 1. The standard InChI is InChI=1S/C5H2BrN5O2/c6-3-1-8-2-4(11(12)13)5(3)9-10-7/h1-2H. The Hall–Kier alpha value is -1.66. The predicted molar refractivity (Wildman–Crippen MR) is 47.4 cm³/mol. The van der Waals surface area contributed by atoms with Crippen molar-refractivity contribution in [2.75, 3.05) is 0 Å². The molecule has 7 nitrogen and oxygen atoms in total. The summed E-state index contributed by atoms with van der Waals surface area (Å²) in [7, 11) is 0. The molecule has 0 aromatic carbocycles. The summed E-state index contributed by atoms with van der Waals surface area (Å²) in [6.45, 7) is 0. The Labute approximate surface area is 80.3 Å². The Morgan fingerprint density at radius 2 is 2.38 bits per heavy atom. The number of nitro groups is 1. The molecule has 1 aromatic rings. The molecule has 8 heteroatoms. The fourth-order valence-corrected chi connectivity index (χ4v) is 1.10. The number of hydrogen-bond donors (Lipinski definition) is 0. The summed E-state index contributed by atoms with van der Waals surface area (Å²) in [5.74, 6) is 0. The van der Waals surface area contributed by atoms with E-state index in [1.807, 2.05) is 0 Å². The highest BCUT2D eigenvalue weighted by Crippen LogP contribution is 2.33.